The van der Waals surface area contributed by atoms with Crippen LogP contribution in [0.5, 0.6) is 0 Å². The molecule has 0 radical (unpaired) electrons. The number of amides is 2. The summed E-state index contributed by atoms with van der Waals surface area (Å²) in [4.78, 5) is 32.9. The van der Waals surface area contributed by atoms with E-state index in [0.717, 1.165) is 38.0 Å². The Kier molecular flexibility index (Phi) is 6.54. The van der Waals surface area contributed by atoms with Crippen molar-refractivity contribution in [3.8, 4) is 0 Å². The predicted octanol–water partition coefficient (Wildman–Crippen LogP) is 2.74. The van der Waals surface area contributed by atoms with Crippen molar-refractivity contribution >= 4 is 12.0 Å². The zero-order chi connectivity index (χ0) is 20.1. The minimum atomic E-state index is -0.466. The summed E-state index contributed by atoms with van der Waals surface area (Å²) in [6, 6.07) is 5.65. The van der Waals surface area contributed by atoms with Crippen molar-refractivity contribution in [2.75, 3.05) is 39.4 Å². The van der Waals surface area contributed by atoms with Gasteiger partial charge in [-0.2, -0.15) is 0 Å². The van der Waals surface area contributed by atoms with E-state index in [2.05, 4.69) is 4.98 Å². The zero-order valence-corrected chi connectivity index (χ0v) is 17.1. The van der Waals surface area contributed by atoms with Gasteiger partial charge in [0.25, 0.3) is 5.91 Å². The van der Waals surface area contributed by atoms with E-state index in [-0.39, 0.29) is 12.0 Å². The van der Waals surface area contributed by atoms with Crippen molar-refractivity contribution in [2.45, 2.75) is 45.6 Å². The molecule has 2 saturated heterocycles. The van der Waals surface area contributed by atoms with Gasteiger partial charge in [0, 0.05) is 31.9 Å². The molecule has 0 spiro atoms. The minimum Gasteiger partial charge on any atom is -0.444 e. The van der Waals surface area contributed by atoms with Gasteiger partial charge in [-0.05, 0) is 58.1 Å². The Morgan fingerprint density at radius 2 is 1.93 bits per heavy atom. The molecule has 0 bridgehead atoms. The van der Waals surface area contributed by atoms with Gasteiger partial charge in [-0.25, -0.2) is 9.78 Å². The molecule has 2 fully saturated rings. The summed E-state index contributed by atoms with van der Waals surface area (Å²) in [6.07, 6.45) is 2.50. The summed E-state index contributed by atoms with van der Waals surface area (Å²) < 4.78 is 10.8. The highest BCUT2D eigenvalue weighted by atomic mass is 16.6. The van der Waals surface area contributed by atoms with Crippen molar-refractivity contribution in [2.24, 2.45) is 5.92 Å². The lowest BCUT2D eigenvalue weighted by Gasteiger charge is -2.26. The lowest BCUT2D eigenvalue weighted by Crippen LogP contribution is -2.41. The van der Waals surface area contributed by atoms with Crippen LogP contribution in [0, 0.1) is 5.92 Å². The number of hydrogen-bond donors (Lipinski definition) is 0. The average molecular weight is 389 g/mol. The number of aryl methyl sites for hydroxylation is 1. The van der Waals surface area contributed by atoms with Gasteiger partial charge in [0.05, 0.1) is 13.2 Å². The topological polar surface area (TPSA) is 72.0 Å². The highest BCUT2D eigenvalue weighted by Crippen LogP contribution is 2.23. The molecular weight excluding hydrogens is 358 g/mol. The average Bonchev–Trinajstić information content (AvgIpc) is 3.15. The molecular formula is C21H31N3O4. The maximum Gasteiger partial charge on any atom is 0.410 e. The van der Waals surface area contributed by atoms with E-state index >= 15 is 0 Å². The highest BCUT2D eigenvalue weighted by Gasteiger charge is 2.29. The van der Waals surface area contributed by atoms with Crippen LogP contribution in [-0.4, -0.2) is 71.8 Å². The van der Waals surface area contributed by atoms with E-state index in [0.29, 0.717) is 37.9 Å². The van der Waals surface area contributed by atoms with E-state index in [1.54, 1.807) is 15.9 Å². The molecule has 7 nitrogen and oxygen atoms in total. The van der Waals surface area contributed by atoms with Gasteiger partial charge in [0.1, 0.15) is 11.3 Å². The number of aromatic nitrogens is 1. The lowest BCUT2D eigenvalue weighted by molar-refractivity contribution is 0.0286. The number of morpholine rings is 1. The number of nitrogens with zero attached hydrogens (tertiary/aromatic N) is 3. The standard InChI is InChI=1S/C21H31N3O4/c1-21(2,3)28-20(26)24-10-9-16(15-24)7-8-17-5-4-6-18(22-17)19(25)23-11-13-27-14-12-23/h4-6,16H,7-15H2,1-3H3. The first-order valence-electron chi connectivity index (χ1n) is 10.1. The molecule has 2 aliphatic heterocycles. The number of hydrogen-bond acceptors (Lipinski definition) is 5. The molecule has 0 aliphatic carbocycles. The summed E-state index contributed by atoms with van der Waals surface area (Å²) in [6.45, 7) is 9.52. The lowest BCUT2D eigenvalue weighted by atomic mass is 10.0. The van der Waals surface area contributed by atoms with Crippen molar-refractivity contribution < 1.29 is 19.1 Å². The number of likely N-dealkylation sites (tertiary alicyclic amines) is 1. The number of ether oxygens (including phenoxy) is 2. The fourth-order valence-electron chi connectivity index (χ4n) is 3.58. The second-order valence-corrected chi connectivity index (χ2v) is 8.54. The molecule has 0 N–H and O–H groups in total. The van der Waals surface area contributed by atoms with Crippen LogP contribution in [0.3, 0.4) is 0 Å². The molecule has 2 amide bonds. The molecule has 28 heavy (non-hydrogen) atoms. The predicted molar refractivity (Wildman–Crippen MR) is 105 cm³/mol. The number of carbonyl (C=O) groups excluding carboxylic acids is 2. The number of pyridine rings is 1. The van der Waals surface area contributed by atoms with E-state index < -0.39 is 5.60 Å². The summed E-state index contributed by atoms with van der Waals surface area (Å²) in [5.41, 5.74) is 0.961. The third kappa shape index (κ3) is 5.67. The van der Waals surface area contributed by atoms with Crippen LogP contribution in [0.1, 0.15) is 49.8 Å². The smallest absolute Gasteiger partial charge is 0.410 e. The molecule has 1 aromatic heterocycles. The van der Waals surface area contributed by atoms with Crippen molar-refractivity contribution in [3.63, 3.8) is 0 Å². The maximum atomic E-state index is 12.6. The van der Waals surface area contributed by atoms with Crippen LogP contribution in [-0.2, 0) is 15.9 Å². The van der Waals surface area contributed by atoms with Gasteiger partial charge in [-0.1, -0.05) is 6.07 Å². The third-order valence-electron chi connectivity index (χ3n) is 5.07. The van der Waals surface area contributed by atoms with Crippen molar-refractivity contribution in [3.05, 3.63) is 29.6 Å². The van der Waals surface area contributed by atoms with Crippen LogP contribution >= 0.6 is 0 Å². The number of carbonyl (C=O) groups is 2. The molecule has 1 atom stereocenters. The fraction of sp³-hybridized carbons (Fsp3) is 0.667. The second kappa shape index (κ2) is 8.90. The molecule has 0 aromatic carbocycles. The Morgan fingerprint density at radius 1 is 1.18 bits per heavy atom. The molecule has 3 heterocycles. The summed E-state index contributed by atoms with van der Waals surface area (Å²) in [5, 5.41) is 0. The van der Waals surface area contributed by atoms with Crippen LogP contribution in [0.2, 0.25) is 0 Å². The summed E-state index contributed by atoms with van der Waals surface area (Å²) >= 11 is 0. The zero-order valence-electron chi connectivity index (χ0n) is 17.1. The first-order chi connectivity index (χ1) is 13.3. The SMILES string of the molecule is CC(C)(C)OC(=O)N1CCC(CCc2cccc(C(=O)N3CCOCC3)n2)C1. The fourth-order valence-corrected chi connectivity index (χ4v) is 3.58. The quantitative estimate of drug-likeness (QED) is 0.792. The normalized spacial score (nSPS) is 20.3. The molecule has 2 aliphatic rings. The first kappa shape index (κ1) is 20.6. The minimum absolute atomic E-state index is 0.0258. The van der Waals surface area contributed by atoms with Crippen LogP contribution < -0.4 is 0 Å². The van der Waals surface area contributed by atoms with E-state index in [1.165, 1.54) is 0 Å². The maximum absolute atomic E-state index is 12.6. The van der Waals surface area contributed by atoms with Gasteiger partial charge in [0.15, 0.2) is 0 Å². The molecule has 3 rings (SSSR count). The van der Waals surface area contributed by atoms with Crippen LogP contribution in [0.15, 0.2) is 18.2 Å². The van der Waals surface area contributed by atoms with E-state index in [4.69, 9.17) is 9.47 Å². The van der Waals surface area contributed by atoms with E-state index in [9.17, 15) is 9.59 Å². The van der Waals surface area contributed by atoms with Gasteiger partial charge in [0.2, 0.25) is 0 Å². The molecule has 1 unspecified atom stereocenters. The highest BCUT2D eigenvalue weighted by molar-refractivity contribution is 5.92. The number of rotatable bonds is 4. The second-order valence-electron chi connectivity index (χ2n) is 8.54. The van der Waals surface area contributed by atoms with Crippen molar-refractivity contribution in [1.29, 1.82) is 0 Å². The largest absolute Gasteiger partial charge is 0.444 e. The Balaban J connectivity index is 1.50. The van der Waals surface area contributed by atoms with Gasteiger partial charge < -0.3 is 19.3 Å². The molecule has 154 valence electrons. The van der Waals surface area contributed by atoms with Crippen LogP contribution in [0.4, 0.5) is 4.79 Å². The molecule has 0 saturated carbocycles. The first-order valence-corrected chi connectivity index (χ1v) is 10.1. The Hall–Kier alpha value is -2.15. The Labute approximate surface area is 167 Å². The van der Waals surface area contributed by atoms with Gasteiger partial charge >= 0.3 is 6.09 Å². The van der Waals surface area contributed by atoms with E-state index in [1.807, 2.05) is 32.9 Å². The summed E-state index contributed by atoms with van der Waals surface area (Å²) in [7, 11) is 0. The molecule has 1 aromatic rings. The van der Waals surface area contributed by atoms with Gasteiger partial charge in [-0.3, -0.25) is 4.79 Å². The van der Waals surface area contributed by atoms with Crippen LogP contribution in [0.25, 0.3) is 0 Å². The Morgan fingerprint density at radius 3 is 2.64 bits per heavy atom. The van der Waals surface area contributed by atoms with Crippen molar-refractivity contribution in [1.82, 2.24) is 14.8 Å². The summed E-state index contributed by atoms with van der Waals surface area (Å²) in [5.74, 6) is 0.412. The third-order valence-corrected chi connectivity index (χ3v) is 5.07. The molecule has 7 heteroatoms. The van der Waals surface area contributed by atoms with Gasteiger partial charge in [-0.15, -0.1) is 0 Å². The Bertz CT molecular complexity index is 695. The monoisotopic (exact) mass is 389 g/mol.